The summed E-state index contributed by atoms with van der Waals surface area (Å²) in [5, 5.41) is 11.0. The molecule has 0 saturated carbocycles. The van der Waals surface area contributed by atoms with Gasteiger partial charge in [0.15, 0.2) is 0 Å². The molecule has 0 bridgehead atoms. The highest BCUT2D eigenvalue weighted by Crippen LogP contribution is 2.35. The number of likely N-dealkylation sites (N-methyl/N-ethyl adjacent to an activating group) is 1. The minimum absolute atomic E-state index is 0.114. The van der Waals surface area contributed by atoms with E-state index in [0.29, 0.717) is 0 Å². The standard InChI is InChI=1S/C16H19BNO2/c1-13-16(14-9-5-3-6-10-14)20-17(19,18(13)2)15-11-7-4-8-12-15/h3-13,16,19H,1-2H3/q-1. The van der Waals surface area contributed by atoms with Crippen molar-refractivity contribution in [1.82, 2.24) is 4.81 Å². The molecule has 1 aliphatic heterocycles. The van der Waals surface area contributed by atoms with Crippen molar-refractivity contribution >= 4 is 12.1 Å². The van der Waals surface area contributed by atoms with Crippen LogP contribution in [0.1, 0.15) is 18.6 Å². The normalized spacial score (nSPS) is 30.6. The van der Waals surface area contributed by atoms with Crippen molar-refractivity contribution in [2.75, 3.05) is 7.05 Å². The van der Waals surface area contributed by atoms with Gasteiger partial charge in [0.1, 0.15) is 0 Å². The van der Waals surface area contributed by atoms with E-state index in [1.165, 1.54) is 0 Å². The summed E-state index contributed by atoms with van der Waals surface area (Å²) in [4.78, 5) is 1.94. The lowest BCUT2D eigenvalue weighted by Gasteiger charge is -2.38. The molecule has 1 N–H and O–H groups in total. The Morgan fingerprint density at radius 2 is 1.55 bits per heavy atom. The fourth-order valence-electron chi connectivity index (χ4n) is 2.96. The predicted octanol–water partition coefficient (Wildman–Crippen LogP) is 1.92. The van der Waals surface area contributed by atoms with Gasteiger partial charge in [-0.25, -0.2) is 0 Å². The first-order valence-corrected chi connectivity index (χ1v) is 7.00. The quantitative estimate of drug-likeness (QED) is 0.844. The molecule has 20 heavy (non-hydrogen) atoms. The van der Waals surface area contributed by atoms with Gasteiger partial charge in [-0.2, -0.15) is 0 Å². The maximum atomic E-state index is 11.0. The molecule has 1 aliphatic rings. The lowest BCUT2D eigenvalue weighted by Crippen LogP contribution is -2.60. The molecule has 0 aliphatic carbocycles. The topological polar surface area (TPSA) is 32.7 Å². The van der Waals surface area contributed by atoms with Crippen LogP contribution < -0.4 is 5.46 Å². The second-order valence-electron chi connectivity index (χ2n) is 5.49. The number of rotatable bonds is 2. The zero-order valence-corrected chi connectivity index (χ0v) is 11.8. The van der Waals surface area contributed by atoms with E-state index in [4.69, 9.17) is 4.65 Å². The molecular weight excluding hydrogens is 249 g/mol. The fraction of sp³-hybridized carbons (Fsp3) is 0.250. The van der Waals surface area contributed by atoms with Crippen LogP contribution in [0.5, 0.6) is 0 Å². The summed E-state index contributed by atoms with van der Waals surface area (Å²) < 4.78 is 6.09. The smallest absolute Gasteiger partial charge is 0.345 e. The molecule has 0 aromatic heterocycles. The van der Waals surface area contributed by atoms with Gasteiger partial charge < -0.3 is 14.5 Å². The summed E-state index contributed by atoms with van der Waals surface area (Å²) in [6, 6.07) is 19.8. The van der Waals surface area contributed by atoms with E-state index in [1.807, 2.05) is 72.5 Å². The average molecular weight is 268 g/mol. The molecule has 3 rings (SSSR count). The molecule has 3 unspecified atom stereocenters. The largest absolute Gasteiger partial charge is 0.566 e. The van der Waals surface area contributed by atoms with Gasteiger partial charge in [0.05, 0.1) is 6.10 Å². The molecule has 4 heteroatoms. The highest BCUT2D eigenvalue weighted by atomic mass is 16.6. The number of hydrogen-bond donors (Lipinski definition) is 1. The summed E-state index contributed by atoms with van der Waals surface area (Å²) in [5.41, 5.74) is 1.92. The van der Waals surface area contributed by atoms with Crippen molar-refractivity contribution in [3.63, 3.8) is 0 Å². The number of nitrogens with zero attached hydrogens (tertiary/aromatic N) is 1. The molecule has 1 saturated heterocycles. The van der Waals surface area contributed by atoms with Crippen LogP contribution in [-0.2, 0) is 4.65 Å². The van der Waals surface area contributed by atoms with Crippen molar-refractivity contribution in [2.45, 2.75) is 19.1 Å². The van der Waals surface area contributed by atoms with Gasteiger partial charge in [0, 0.05) is 6.04 Å². The van der Waals surface area contributed by atoms with E-state index < -0.39 is 6.69 Å². The fourth-order valence-corrected chi connectivity index (χ4v) is 2.96. The summed E-state index contributed by atoms with van der Waals surface area (Å²) in [6.07, 6.45) is -0.119. The molecule has 1 fully saturated rings. The molecule has 0 amide bonds. The van der Waals surface area contributed by atoms with Crippen molar-refractivity contribution in [3.8, 4) is 0 Å². The maximum absolute atomic E-state index is 11.0. The van der Waals surface area contributed by atoms with Gasteiger partial charge in [-0.3, -0.25) is 0 Å². The molecule has 0 radical (unpaired) electrons. The lowest BCUT2D eigenvalue weighted by atomic mass is 9.63. The Morgan fingerprint density at radius 1 is 1.00 bits per heavy atom. The molecule has 2 aromatic rings. The number of benzene rings is 2. The van der Waals surface area contributed by atoms with Crippen LogP contribution >= 0.6 is 0 Å². The van der Waals surface area contributed by atoms with Gasteiger partial charge in [-0.05, 0) is 19.5 Å². The van der Waals surface area contributed by atoms with Crippen LogP contribution in [0.4, 0.5) is 0 Å². The van der Waals surface area contributed by atoms with Crippen LogP contribution in [0.15, 0.2) is 60.7 Å². The summed E-state index contributed by atoms with van der Waals surface area (Å²) in [6.45, 7) is -0.0405. The minimum Gasteiger partial charge on any atom is -0.566 e. The van der Waals surface area contributed by atoms with Gasteiger partial charge >= 0.3 is 6.69 Å². The third-order valence-electron chi connectivity index (χ3n) is 4.33. The predicted molar refractivity (Wildman–Crippen MR) is 81.5 cm³/mol. The Kier molecular flexibility index (Phi) is 3.38. The van der Waals surface area contributed by atoms with Crippen LogP contribution in [0.2, 0.25) is 0 Å². The highest BCUT2D eigenvalue weighted by Gasteiger charge is 2.44. The van der Waals surface area contributed by atoms with E-state index in [1.54, 1.807) is 0 Å². The Balaban J connectivity index is 1.97. The summed E-state index contributed by atoms with van der Waals surface area (Å²) >= 11 is 0. The van der Waals surface area contributed by atoms with Crippen molar-refractivity contribution in [3.05, 3.63) is 66.2 Å². The van der Waals surface area contributed by atoms with E-state index in [0.717, 1.165) is 11.0 Å². The Morgan fingerprint density at radius 3 is 2.15 bits per heavy atom. The highest BCUT2D eigenvalue weighted by molar-refractivity contribution is 6.77. The van der Waals surface area contributed by atoms with Crippen molar-refractivity contribution in [2.24, 2.45) is 0 Å². The molecule has 0 spiro atoms. The minimum atomic E-state index is -2.12. The Hall–Kier alpha value is -1.62. The van der Waals surface area contributed by atoms with Gasteiger partial charge in [-0.1, -0.05) is 60.7 Å². The maximum Gasteiger partial charge on any atom is 0.345 e. The Bertz CT molecular complexity index is 578. The first kappa shape index (κ1) is 13.4. The van der Waals surface area contributed by atoms with Gasteiger partial charge in [-0.15, -0.1) is 5.46 Å². The number of hydrogen-bond acceptors (Lipinski definition) is 3. The Labute approximate surface area is 119 Å². The third kappa shape index (κ3) is 2.06. The van der Waals surface area contributed by atoms with Gasteiger partial charge in [0.25, 0.3) is 0 Å². The van der Waals surface area contributed by atoms with Crippen molar-refractivity contribution < 1.29 is 9.68 Å². The first-order chi connectivity index (χ1) is 9.63. The van der Waals surface area contributed by atoms with E-state index in [2.05, 4.69) is 6.92 Å². The van der Waals surface area contributed by atoms with Crippen molar-refractivity contribution in [1.29, 1.82) is 0 Å². The zero-order valence-electron chi connectivity index (χ0n) is 11.8. The molecule has 104 valence electrons. The molecular formula is C16H19BNO2-. The second kappa shape index (κ2) is 5.06. The molecule has 1 heterocycles. The molecule has 3 nitrogen and oxygen atoms in total. The SMILES string of the molecule is CC1C(c2ccccc2)O[B-](O)(c2ccccc2)N1C. The van der Waals surface area contributed by atoms with Crippen LogP contribution in [0.25, 0.3) is 0 Å². The molecule has 2 aromatic carbocycles. The monoisotopic (exact) mass is 268 g/mol. The van der Waals surface area contributed by atoms with Crippen LogP contribution in [0.3, 0.4) is 0 Å². The first-order valence-electron chi connectivity index (χ1n) is 7.00. The van der Waals surface area contributed by atoms with E-state index in [-0.39, 0.29) is 12.1 Å². The van der Waals surface area contributed by atoms with Crippen LogP contribution in [-0.4, -0.2) is 29.6 Å². The summed E-state index contributed by atoms with van der Waals surface area (Å²) in [5.74, 6) is 0. The van der Waals surface area contributed by atoms with Gasteiger partial charge in [0.2, 0.25) is 0 Å². The van der Waals surface area contributed by atoms with E-state index >= 15 is 0 Å². The zero-order chi connectivity index (χ0) is 14.2. The van der Waals surface area contributed by atoms with Crippen LogP contribution in [0, 0.1) is 0 Å². The average Bonchev–Trinajstić information content (AvgIpc) is 2.75. The molecule has 3 atom stereocenters. The lowest BCUT2D eigenvalue weighted by molar-refractivity contribution is 0.182. The van der Waals surface area contributed by atoms with E-state index in [9.17, 15) is 5.02 Å². The third-order valence-corrected chi connectivity index (χ3v) is 4.33. The second-order valence-corrected chi connectivity index (χ2v) is 5.49. The summed E-state index contributed by atoms with van der Waals surface area (Å²) in [7, 11) is 1.92.